The first-order valence-corrected chi connectivity index (χ1v) is 9.22. The molecule has 4 heteroatoms. The molecule has 2 rings (SSSR count). The first-order chi connectivity index (χ1) is 12.0. The van der Waals surface area contributed by atoms with Gasteiger partial charge in [-0.15, -0.1) is 0 Å². The van der Waals surface area contributed by atoms with Gasteiger partial charge in [0.25, 0.3) is 0 Å². The lowest BCUT2D eigenvalue weighted by atomic mass is 10.1. The highest BCUT2D eigenvalue weighted by Crippen LogP contribution is 2.10. The van der Waals surface area contributed by atoms with E-state index in [0.717, 1.165) is 38.3 Å². The molecular formula is C21H31N3O. The van der Waals surface area contributed by atoms with E-state index in [-0.39, 0.29) is 11.9 Å². The van der Waals surface area contributed by atoms with Crippen molar-refractivity contribution < 1.29 is 4.79 Å². The molecule has 0 N–H and O–H groups in total. The van der Waals surface area contributed by atoms with Crippen molar-refractivity contribution in [1.29, 1.82) is 0 Å². The van der Waals surface area contributed by atoms with Crippen LogP contribution in [0.3, 0.4) is 0 Å². The molecule has 1 fully saturated rings. The molecule has 0 aliphatic carbocycles. The van der Waals surface area contributed by atoms with Gasteiger partial charge in [-0.2, -0.15) is 0 Å². The lowest BCUT2D eigenvalue weighted by molar-refractivity contribution is -0.137. The predicted octanol–water partition coefficient (Wildman–Crippen LogP) is 2.16. The van der Waals surface area contributed by atoms with Crippen molar-refractivity contribution in [2.24, 2.45) is 5.92 Å². The summed E-state index contributed by atoms with van der Waals surface area (Å²) in [7, 11) is 2.13. The van der Waals surface area contributed by atoms with Crippen molar-refractivity contribution in [2.75, 3.05) is 46.3 Å². The Bertz CT molecular complexity index is 595. The van der Waals surface area contributed by atoms with Crippen LogP contribution in [-0.2, 0) is 4.79 Å². The second kappa shape index (κ2) is 9.60. The van der Waals surface area contributed by atoms with Crippen LogP contribution in [0, 0.1) is 17.8 Å². The van der Waals surface area contributed by atoms with E-state index < -0.39 is 0 Å². The van der Waals surface area contributed by atoms with Gasteiger partial charge in [0, 0.05) is 38.3 Å². The van der Waals surface area contributed by atoms with Crippen LogP contribution in [0.25, 0.3) is 0 Å². The largest absolute Gasteiger partial charge is 0.330 e. The van der Waals surface area contributed by atoms with Gasteiger partial charge in [0.05, 0.1) is 12.6 Å². The normalized spacial score (nSPS) is 17.0. The number of carbonyl (C=O) groups excluding carboxylic acids is 1. The number of carbonyl (C=O) groups is 1. The minimum absolute atomic E-state index is 0.0778. The maximum atomic E-state index is 13.0. The van der Waals surface area contributed by atoms with Crippen molar-refractivity contribution in [3.8, 4) is 11.8 Å². The molecule has 0 saturated carbocycles. The summed E-state index contributed by atoms with van der Waals surface area (Å²) in [5, 5.41) is 0. The molecule has 0 radical (unpaired) electrons. The molecule has 25 heavy (non-hydrogen) atoms. The van der Waals surface area contributed by atoms with Gasteiger partial charge in [0.15, 0.2) is 0 Å². The monoisotopic (exact) mass is 341 g/mol. The highest BCUT2D eigenvalue weighted by molar-refractivity contribution is 5.81. The summed E-state index contributed by atoms with van der Waals surface area (Å²) < 4.78 is 0. The third kappa shape index (κ3) is 6.19. The van der Waals surface area contributed by atoms with Gasteiger partial charge >= 0.3 is 0 Å². The molecule has 1 amide bonds. The van der Waals surface area contributed by atoms with Crippen molar-refractivity contribution in [3.05, 3.63) is 35.9 Å². The fourth-order valence-corrected chi connectivity index (χ4v) is 3.06. The number of hydrogen-bond donors (Lipinski definition) is 0. The second-order valence-electron chi connectivity index (χ2n) is 7.30. The van der Waals surface area contributed by atoms with Crippen molar-refractivity contribution in [1.82, 2.24) is 14.7 Å². The molecule has 1 atom stereocenters. The van der Waals surface area contributed by atoms with Gasteiger partial charge < -0.3 is 9.80 Å². The van der Waals surface area contributed by atoms with Gasteiger partial charge in [0.1, 0.15) is 0 Å². The quantitative estimate of drug-likeness (QED) is 0.768. The second-order valence-corrected chi connectivity index (χ2v) is 7.30. The Balaban J connectivity index is 2.00. The van der Waals surface area contributed by atoms with E-state index in [9.17, 15) is 4.79 Å². The smallest absolute Gasteiger partial charge is 0.240 e. The first kappa shape index (κ1) is 19.5. The number of benzene rings is 1. The topological polar surface area (TPSA) is 26.8 Å². The summed E-state index contributed by atoms with van der Waals surface area (Å²) in [6.45, 7) is 11.5. The summed E-state index contributed by atoms with van der Waals surface area (Å²) in [5.74, 6) is 6.97. The minimum atomic E-state index is -0.0778. The number of nitrogens with zero attached hydrogens (tertiary/aromatic N) is 3. The molecule has 0 bridgehead atoms. The zero-order valence-electron chi connectivity index (χ0n) is 16.0. The Morgan fingerprint density at radius 1 is 1.12 bits per heavy atom. The maximum Gasteiger partial charge on any atom is 0.240 e. The molecule has 1 aliphatic rings. The zero-order chi connectivity index (χ0) is 18.2. The van der Waals surface area contributed by atoms with Crippen LogP contribution in [0.4, 0.5) is 0 Å². The van der Waals surface area contributed by atoms with E-state index in [0.29, 0.717) is 12.5 Å². The van der Waals surface area contributed by atoms with Crippen LogP contribution in [0.2, 0.25) is 0 Å². The predicted molar refractivity (Wildman–Crippen MR) is 103 cm³/mol. The number of rotatable bonds is 5. The fourth-order valence-electron chi connectivity index (χ4n) is 3.06. The van der Waals surface area contributed by atoms with Crippen LogP contribution < -0.4 is 0 Å². The summed E-state index contributed by atoms with van der Waals surface area (Å²) in [5.41, 5.74) is 0.992. The van der Waals surface area contributed by atoms with E-state index in [1.165, 1.54) is 0 Å². The van der Waals surface area contributed by atoms with E-state index in [4.69, 9.17) is 0 Å². The van der Waals surface area contributed by atoms with Crippen LogP contribution in [0.5, 0.6) is 0 Å². The molecular weight excluding hydrogens is 310 g/mol. The number of likely N-dealkylation sites (N-methyl/N-ethyl adjacent to an activating group) is 1. The van der Waals surface area contributed by atoms with E-state index in [1.807, 2.05) is 42.2 Å². The summed E-state index contributed by atoms with van der Waals surface area (Å²) in [6.07, 6.45) is 0. The van der Waals surface area contributed by atoms with Crippen LogP contribution in [0.1, 0.15) is 26.3 Å². The molecule has 0 aromatic heterocycles. The van der Waals surface area contributed by atoms with Crippen LogP contribution in [-0.4, -0.2) is 73.0 Å². The molecule has 1 aliphatic heterocycles. The lowest BCUT2D eigenvalue weighted by Gasteiger charge is -2.37. The Hall–Kier alpha value is -1.83. The Morgan fingerprint density at radius 3 is 2.36 bits per heavy atom. The molecule has 1 aromatic carbocycles. The maximum absolute atomic E-state index is 13.0. The van der Waals surface area contributed by atoms with Crippen LogP contribution >= 0.6 is 0 Å². The van der Waals surface area contributed by atoms with Crippen molar-refractivity contribution >= 4 is 5.91 Å². The van der Waals surface area contributed by atoms with E-state index >= 15 is 0 Å². The number of hydrogen-bond acceptors (Lipinski definition) is 3. The molecule has 1 aromatic rings. The van der Waals surface area contributed by atoms with Crippen LogP contribution in [0.15, 0.2) is 30.3 Å². The average molecular weight is 341 g/mol. The SMILES string of the molecule is CC(C)CN(CC#Cc1ccccc1)C(=O)C(C)N1CCN(C)CC1. The van der Waals surface area contributed by atoms with E-state index in [1.54, 1.807) is 0 Å². The standard InChI is InChI=1S/C21H31N3O/c1-18(2)17-24(12-8-11-20-9-6-5-7-10-20)21(25)19(3)23-15-13-22(4)14-16-23/h5-7,9-10,18-19H,12-17H2,1-4H3. The summed E-state index contributed by atoms with van der Waals surface area (Å²) in [4.78, 5) is 19.5. The molecule has 1 unspecified atom stereocenters. The molecule has 136 valence electrons. The molecule has 4 nitrogen and oxygen atoms in total. The molecule has 1 heterocycles. The number of amides is 1. The molecule has 1 saturated heterocycles. The van der Waals surface area contributed by atoms with E-state index in [2.05, 4.69) is 42.5 Å². The van der Waals surface area contributed by atoms with Gasteiger partial charge in [-0.25, -0.2) is 0 Å². The Morgan fingerprint density at radius 2 is 1.76 bits per heavy atom. The van der Waals surface area contributed by atoms with Crippen molar-refractivity contribution in [3.63, 3.8) is 0 Å². The third-order valence-corrected chi connectivity index (χ3v) is 4.62. The van der Waals surface area contributed by atoms with Gasteiger partial charge in [0.2, 0.25) is 5.91 Å². The van der Waals surface area contributed by atoms with Crippen molar-refractivity contribution in [2.45, 2.75) is 26.8 Å². The third-order valence-electron chi connectivity index (χ3n) is 4.62. The van der Waals surface area contributed by atoms with Gasteiger partial charge in [-0.05, 0) is 32.0 Å². The average Bonchev–Trinajstić information content (AvgIpc) is 2.61. The minimum Gasteiger partial charge on any atom is -0.330 e. The number of piperazine rings is 1. The summed E-state index contributed by atoms with van der Waals surface area (Å²) >= 11 is 0. The summed E-state index contributed by atoms with van der Waals surface area (Å²) in [6, 6.07) is 9.86. The molecule has 0 spiro atoms. The first-order valence-electron chi connectivity index (χ1n) is 9.22. The van der Waals surface area contributed by atoms with Gasteiger partial charge in [-0.1, -0.05) is 43.9 Å². The van der Waals surface area contributed by atoms with Gasteiger partial charge in [-0.3, -0.25) is 9.69 Å². The lowest BCUT2D eigenvalue weighted by Crippen LogP contribution is -2.54. The fraction of sp³-hybridized carbons (Fsp3) is 0.571. The highest BCUT2D eigenvalue weighted by atomic mass is 16.2. The zero-order valence-corrected chi connectivity index (χ0v) is 16.0. The Labute approximate surface area is 152 Å². The Kier molecular flexibility index (Phi) is 7.49. The highest BCUT2D eigenvalue weighted by Gasteiger charge is 2.27.